The Balaban J connectivity index is 1.73. The van der Waals surface area contributed by atoms with E-state index in [1.165, 1.54) is 11.0 Å². The molecule has 1 aliphatic heterocycles. The van der Waals surface area contributed by atoms with Crippen molar-refractivity contribution in [2.75, 3.05) is 13.1 Å². The summed E-state index contributed by atoms with van der Waals surface area (Å²) >= 11 is 0. The number of benzene rings is 1. The van der Waals surface area contributed by atoms with Crippen molar-refractivity contribution in [2.45, 2.75) is 32.8 Å². The topological polar surface area (TPSA) is 46.6 Å². The number of nitrogens with zero attached hydrogens (tertiary/aromatic N) is 1. The Morgan fingerprint density at radius 2 is 2.00 bits per heavy atom. The maximum Gasteiger partial charge on any atom is 0.410 e. The Morgan fingerprint density at radius 3 is 2.57 bits per heavy atom. The second-order valence-electron chi connectivity index (χ2n) is 6.89. The zero-order valence-electron chi connectivity index (χ0n) is 12.4. The van der Waals surface area contributed by atoms with E-state index in [1.807, 2.05) is 0 Å². The summed E-state index contributed by atoms with van der Waals surface area (Å²) in [4.78, 5) is 25.9. The van der Waals surface area contributed by atoms with Crippen LogP contribution in [0.15, 0.2) is 18.2 Å². The van der Waals surface area contributed by atoms with Crippen LogP contribution in [0.4, 0.5) is 9.18 Å². The molecule has 0 radical (unpaired) electrons. The molecule has 0 bridgehead atoms. The van der Waals surface area contributed by atoms with Crippen molar-refractivity contribution >= 4 is 11.9 Å². The van der Waals surface area contributed by atoms with Crippen molar-refractivity contribution in [2.24, 2.45) is 5.41 Å². The standard InChI is InChI=1S/C16H18FNO3/c1-15(2,3)21-14(20)18-8-16(9-18)7-11-10(13(16)19)5-4-6-12(11)17/h4-6H,7-9H2,1-3H3. The highest BCUT2D eigenvalue weighted by Crippen LogP contribution is 2.44. The number of carbonyl (C=O) groups excluding carboxylic acids is 2. The predicted octanol–water partition coefficient (Wildman–Crippen LogP) is 2.80. The quantitative estimate of drug-likeness (QED) is 0.738. The molecule has 1 aromatic carbocycles. The summed E-state index contributed by atoms with van der Waals surface area (Å²) in [6.07, 6.45) is -0.0509. The van der Waals surface area contributed by atoms with Crippen molar-refractivity contribution in [1.82, 2.24) is 4.90 Å². The van der Waals surface area contributed by atoms with Crippen molar-refractivity contribution in [3.05, 3.63) is 35.1 Å². The second kappa shape index (κ2) is 4.29. The summed E-state index contributed by atoms with van der Waals surface area (Å²) in [5, 5.41) is 0. The maximum atomic E-state index is 13.8. The van der Waals surface area contributed by atoms with E-state index in [9.17, 15) is 14.0 Å². The van der Waals surface area contributed by atoms with E-state index in [0.717, 1.165) is 0 Å². The van der Waals surface area contributed by atoms with E-state index in [1.54, 1.807) is 32.9 Å². The zero-order chi connectivity index (χ0) is 15.4. The van der Waals surface area contributed by atoms with Crippen LogP contribution in [-0.2, 0) is 11.2 Å². The molecule has 1 aromatic rings. The van der Waals surface area contributed by atoms with Gasteiger partial charge < -0.3 is 9.64 Å². The van der Waals surface area contributed by atoms with Gasteiger partial charge in [-0.2, -0.15) is 0 Å². The van der Waals surface area contributed by atoms with Crippen LogP contribution in [0, 0.1) is 11.2 Å². The van der Waals surface area contributed by atoms with Gasteiger partial charge in [-0.1, -0.05) is 12.1 Å². The highest BCUT2D eigenvalue weighted by molar-refractivity contribution is 6.06. The fraction of sp³-hybridized carbons (Fsp3) is 0.500. The van der Waals surface area contributed by atoms with E-state index in [-0.39, 0.29) is 11.6 Å². The van der Waals surface area contributed by atoms with Crippen LogP contribution >= 0.6 is 0 Å². The first-order valence-corrected chi connectivity index (χ1v) is 7.02. The molecule has 0 N–H and O–H groups in total. The summed E-state index contributed by atoms with van der Waals surface area (Å²) in [7, 11) is 0. The highest BCUT2D eigenvalue weighted by atomic mass is 19.1. The molecule has 0 atom stereocenters. The summed E-state index contributed by atoms with van der Waals surface area (Å²) in [6.45, 7) is 5.99. The lowest BCUT2D eigenvalue weighted by Crippen LogP contribution is -2.62. The monoisotopic (exact) mass is 291 g/mol. The number of halogens is 1. The molecule has 1 spiro atoms. The van der Waals surface area contributed by atoms with Gasteiger partial charge in [-0.25, -0.2) is 9.18 Å². The molecule has 112 valence electrons. The summed E-state index contributed by atoms with van der Waals surface area (Å²) in [5.41, 5.74) is -0.277. The highest BCUT2D eigenvalue weighted by Gasteiger charge is 2.56. The van der Waals surface area contributed by atoms with Crippen molar-refractivity contribution in [3.8, 4) is 0 Å². The van der Waals surface area contributed by atoms with Crippen LogP contribution < -0.4 is 0 Å². The summed E-state index contributed by atoms with van der Waals surface area (Å²) < 4.78 is 19.1. The van der Waals surface area contributed by atoms with Crippen molar-refractivity contribution in [1.29, 1.82) is 0 Å². The van der Waals surface area contributed by atoms with E-state index >= 15 is 0 Å². The first-order chi connectivity index (χ1) is 9.72. The van der Waals surface area contributed by atoms with Gasteiger partial charge in [0.2, 0.25) is 0 Å². The van der Waals surface area contributed by atoms with E-state index in [0.29, 0.717) is 30.6 Å². The summed E-state index contributed by atoms with van der Waals surface area (Å²) in [6, 6.07) is 4.58. The molecule has 5 heteroatoms. The van der Waals surface area contributed by atoms with Gasteiger partial charge in [0.1, 0.15) is 11.4 Å². The summed E-state index contributed by atoms with van der Waals surface area (Å²) in [5.74, 6) is -0.398. The average Bonchev–Trinajstić information content (AvgIpc) is 2.61. The van der Waals surface area contributed by atoms with Crippen LogP contribution in [0.1, 0.15) is 36.7 Å². The molecular formula is C16H18FNO3. The van der Waals surface area contributed by atoms with Gasteiger partial charge in [0.05, 0.1) is 5.41 Å². The van der Waals surface area contributed by atoms with Crippen molar-refractivity contribution in [3.63, 3.8) is 0 Å². The smallest absolute Gasteiger partial charge is 0.410 e. The minimum Gasteiger partial charge on any atom is -0.444 e. The van der Waals surface area contributed by atoms with E-state index < -0.39 is 17.1 Å². The van der Waals surface area contributed by atoms with Gasteiger partial charge >= 0.3 is 6.09 Å². The fourth-order valence-corrected chi connectivity index (χ4v) is 3.05. The van der Waals surface area contributed by atoms with Crippen LogP contribution in [0.5, 0.6) is 0 Å². The second-order valence-corrected chi connectivity index (χ2v) is 6.89. The third kappa shape index (κ3) is 2.20. The normalized spacial score (nSPS) is 19.4. The number of amides is 1. The van der Waals surface area contributed by atoms with E-state index in [2.05, 4.69) is 0 Å². The minimum atomic E-state index is -0.651. The molecule has 4 nitrogen and oxygen atoms in total. The lowest BCUT2D eigenvalue weighted by atomic mass is 9.76. The van der Waals surface area contributed by atoms with Crippen molar-refractivity contribution < 1.29 is 18.7 Å². The van der Waals surface area contributed by atoms with Gasteiger partial charge in [0, 0.05) is 18.7 Å². The van der Waals surface area contributed by atoms with E-state index in [4.69, 9.17) is 4.74 Å². The molecule has 0 unspecified atom stereocenters. The van der Waals surface area contributed by atoms with Crippen LogP contribution in [-0.4, -0.2) is 35.5 Å². The molecule has 1 amide bonds. The third-order valence-electron chi connectivity index (χ3n) is 4.00. The number of Topliss-reactive ketones (excluding diaryl/α,β-unsaturated/α-hetero) is 1. The van der Waals surface area contributed by atoms with Gasteiger partial charge in [-0.3, -0.25) is 4.79 Å². The number of carbonyl (C=O) groups is 2. The van der Waals surface area contributed by atoms with Gasteiger partial charge in [0.25, 0.3) is 0 Å². The number of ketones is 1. The molecular weight excluding hydrogens is 273 g/mol. The Bertz CT molecular complexity index is 627. The van der Waals surface area contributed by atoms with Crippen LogP contribution in [0.3, 0.4) is 0 Å². The Morgan fingerprint density at radius 1 is 1.33 bits per heavy atom. The number of hydrogen-bond donors (Lipinski definition) is 0. The number of hydrogen-bond acceptors (Lipinski definition) is 3. The number of rotatable bonds is 0. The Labute approximate surface area is 122 Å². The van der Waals surface area contributed by atoms with Crippen LogP contribution in [0.2, 0.25) is 0 Å². The number of likely N-dealkylation sites (tertiary alicyclic amines) is 1. The van der Waals surface area contributed by atoms with Gasteiger partial charge in [-0.15, -0.1) is 0 Å². The molecule has 3 rings (SSSR count). The number of ether oxygens (including phenoxy) is 1. The SMILES string of the molecule is CC(C)(C)OC(=O)N1CC2(Cc3c(F)cccc3C2=O)C1. The molecule has 21 heavy (non-hydrogen) atoms. The number of fused-ring (bicyclic) bond motifs is 1. The fourth-order valence-electron chi connectivity index (χ4n) is 3.05. The molecule has 1 aliphatic carbocycles. The average molecular weight is 291 g/mol. The lowest BCUT2D eigenvalue weighted by molar-refractivity contribution is -0.0226. The lowest BCUT2D eigenvalue weighted by Gasteiger charge is -2.46. The molecule has 1 fully saturated rings. The Kier molecular flexibility index (Phi) is 2.87. The zero-order valence-corrected chi connectivity index (χ0v) is 12.4. The first kappa shape index (κ1) is 14.0. The molecule has 1 heterocycles. The van der Waals surface area contributed by atoms with Crippen LogP contribution in [0.25, 0.3) is 0 Å². The third-order valence-corrected chi connectivity index (χ3v) is 4.00. The molecule has 2 aliphatic rings. The molecule has 0 saturated carbocycles. The largest absolute Gasteiger partial charge is 0.444 e. The maximum absolute atomic E-state index is 13.8. The molecule has 0 aromatic heterocycles. The first-order valence-electron chi connectivity index (χ1n) is 7.02. The Hall–Kier alpha value is -1.91. The van der Waals surface area contributed by atoms with Gasteiger partial charge in [-0.05, 0) is 38.8 Å². The molecule has 1 saturated heterocycles. The van der Waals surface area contributed by atoms with Gasteiger partial charge in [0.15, 0.2) is 5.78 Å². The minimum absolute atomic E-state index is 0.0585. The predicted molar refractivity (Wildman–Crippen MR) is 74.7 cm³/mol.